The van der Waals surface area contributed by atoms with Gasteiger partial charge >= 0.3 is 5.97 Å². The zero-order valence-corrected chi connectivity index (χ0v) is 20.2. The molecule has 0 atom stereocenters. The van der Waals surface area contributed by atoms with E-state index in [2.05, 4.69) is 20.7 Å². The van der Waals surface area contributed by atoms with E-state index in [1.54, 1.807) is 42.5 Å². The molecular weight excluding hydrogens is 529 g/mol. The largest absolute Gasteiger partial charge is 0.488 e. The number of hydrogen-bond donors (Lipinski definition) is 0. The number of hydrogen-bond acceptors (Lipinski definition) is 7. The quantitative estimate of drug-likeness (QED) is 0.274. The Morgan fingerprint density at radius 1 is 1.18 bits per heavy atom. The summed E-state index contributed by atoms with van der Waals surface area (Å²) in [6.07, 6.45) is 1.60. The molecule has 1 aliphatic heterocycles. The number of esters is 1. The Kier molecular flexibility index (Phi) is 7.18. The number of furan rings is 1. The Morgan fingerprint density at radius 3 is 2.71 bits per heavy atom. The third kappa shape index (κ3) is 5.23. The summed E-state index contributed by atoms with van der Waals surface area (Å²) in [4.78, 5) is 38.0. The molecule has 0 unspecified atom stereocenters. The van der Waals surface area contributed by atoms with Crippen molar-refractivity contribution >= 4 is 50.9 Å². The molecule has 2 heterocycles. The number of imide groups is 1. The van der Waals surface area contributed by atoms with Crippen LogP contribution in [0.4, 0.5) is 9.18 Å². The highest BCUT2D eigenvalue weighted by atomic mass is 79.9. The molecule has 2 amide bonds. The van der Waals surface area contributed by atoms with Gasteiger partial charge in [-0.15, -0.1) is 0 Å². The van der Waals surface area contributed by atoms with Crippen molar-refractivity contribution in [1.82, 2.24) is 4.90 Å². The second-order valence-corrected chi connectivity index (χ2v) is 8.94. The molecule has 0 saturated carbocycles. The monoisotopic (exact) mass is 545 g/mol. The fraction of sp³-hybridized carbons (Fsp3) is 0.125. The van der Waals surface area contributed by atoms with Gasteiger partial charge in [0.1, 0.15) is 23.9 Å². The SMILES string of the molecule is COC(=O)c1ccc(CN2C(=O)S/C(=C/c3ccc(OCc4ccccc4F)c(Br)c3)C2=O)o1. The fourth-order valence-corrected chi connectivity index (χ4v) is 4.46. The number of benzene rings is 2. The van der Waals surface area contributed by atoms with Gasteiger partial charge < -0.3 is 13.9 Å². The van der Waals surface area contributed by atoms with Crippen LogP contribution in [0.2, 0.25) is 0 Å². The molecule has 10 heteroatoms. The van der Waals surface area contributed by atoms with Crippen LogP contribution in [0.3, 0.4) is 0 Å². The minimum absolute atomic E-state index is 0.0119. The van der Waals surface area contributed by atoms with Gasteiger partial charge in [0.15, 0.2) is 0 Å². The lowest BCUT2D eigenvalue weighted by Gasteiger charge is -2.10. The normalized spacial score (nSPS) is 14.7. The summed E-state index contributed by atoms with van der Waals surface area (Å²) < 4.78 is 30.0. The number of carbonyl (C=O) groups excluding carboxylic acids is 3. The maximum Gasteiger partial charge on any atom is 0.373 e. The zero-order chi connectivity index (χ0) is 24.2. The van der Waals surface area contributed by atoms with Crippen LogP contribution in [0.25, 0.3) is 6.08 Å². The molecule has 0 radical (unpaired) electrons. The highest BCUT2D eigenvalue weighted by Gasteiger charge is 2.35. The fourth-order valence-electron chi connectivity index (χ4n) is 3.11. The molecule has 1 aromatic heterocycles. The summed E-state index contributed by atoms with van der Waals surface area (Å²) in [5.41, 5.74) is 1.10. The number of carbonyl (C=O) groups is 3. The minimum atomic E-state index is -0.646. The Labute approximate surface area is 206 Å². The zero-order valence-electron chi connectivity index (χ0n) is 17.7. The molecule has 7 nitrogen and oxygen atoms in total. The van der Waals surface area contributed by atoms with E-state index in [1.165, 1.54) is 25.3 Å². The maximum atomic E-state index is 13.8. The summed E-state index contributed by atoms with van der Waals surface area (Å²) in [6, 6.07) is 14.4. The first-order valence-electron chi connectivity index (χ1n) is 9.94. The van der Waals surface area contributed by atoms with Gasteiger partial charge in [-0.05, 0) is 69.7 Å². The van der Waals surface area contributed by atoms with E-state index < -0.39 is 17.1 Å². The Hall–Kier alpha value is -3.37. The Balaban J connectivity index is 1.44. The minimum Gasteiger partial charge on any atom is -0.488 e. The molecule has 0 spiro atoms. The number of methoxy groups -OCH3 is 1. The highest BCUT2D eigenvalue weighted by Crippen LogP contribution is 2.35. The summed E-state index contributed by atoms with van der Waals surface area (Å²) in [5, 5.41) is -0.448. The van der Waals surface area contributed by atoms with Crippen LogP contribution in [-0.4, -0.2) is 29.1 Å². The first-order chi connectivity index (χ1) is 16.4. The van der Waals surface area contributed by atoms with E-state index in [0.717, 1.165) is 16.7 Å². The van der Waals surface area contributed by atoms with E-state index in [4.69, 9.17) is 9.15 Å². The molecule has 2 aromatic carbocycles. The summed E-state index contributed by atoms with van der Waals surface area (Å²) >= 11 is 4.23. The molecule has 1 fully saturated rings. The molecule has 4 rings (SSSR count). The van der Waals surface area contributed by atoms with Gasteiger partial charge in [-0.2, -0.15) is 0 Å². The second-order valence-electron chi connectivity index (χ2n) is 7.10. The Bertz CT molecular complexity index is 1300. The molecule has 0 bridgehead atoms. The lowest BCUT2D eigenvalue weighted by atomic mass is 10.2. The van der Waals surface area contributed by atoms with Gasteiger partial charge in [-0.3, -0.25) is 14.5 Å². The summed E-state index contributed by atoms with van der Waals surface area (Å²) in [5.74, 6) is -0.686. The van der Waals surface area contributed by atoms with Gasteiger partial charge in [0.05, 0.1) is 23.0 Å². The smallest absolute Gasteiger partial charge is 0.373 e. The van der Waals surface area contributed by atoms with Crippen LogP contribution in [0.5, 0.6) is 5.75 Å². The molecule has 1 aliphatic rings. The molecule has 3 aromatic rings. The van der Waals surface area contributed by atoms with Crippen molar-refractivity contribution in [3.63, 3.8) is 0 Å². The van der Waals surface area contributed by atoms with Crippen LogP contribution in [0.1, 0.15) is 27.4 Å². The Morgan fingerprint density at radius 2 is 1.97 bits per heavy atom. The van der Waals surface area contributed by atoms with E-state index in [-0.39, 0.29) is 35.4 Å². The van der Waals surface area contributed by atoms with Gasteiger partial charge in [0, 0.05) is 5.56 Å². The van der Waals surface area contributed by atoms with Crippen LogP contribution in [0, 0.1) is 5.82 Å². The van der Waals surface area contributed by atoms with Gasteiger partial charge in [-0.25, -0.2) is 9.18 Å². The standard InChI is InChI=1S/C24H17BrFNO6S/c1-31-23(29)20-9-7-16(33-20)12-27-22(28)21(34-24(27)30)11-14-6-8-19(17(25)10-14)32-13-15-4-2-3-5-18(15)26/h2-11H,12-13H2,1H3/b21-11+. The molecular formula is C24H17BrFNO6S. The average molecular weight is 546 g/mol. The average Bonchev–Trinajstić information content (AvgIpc) is 3.39. The first-order valence-corrected chi connectivity index (χ1v) is 11.5. The third-order valence-corrected chi connectivity index (χ3v) is 6.36. The van der Waals surface area contributed by atoms with Crippen molar-refractivity contribution in [3.8, 4) is 5.75 Å². The number of rotatable bonds is 7. The van der Waals surface area contributed by atoms with Crippen molar-refractivity contribution in [3.05, 3.63) is 92.4 Å². The number of nitrogens with zero attached hydrogens (tertiary/aromatic N) is 1. The second kappa shape index (κ2) is 10.3. The van der Waals surface area contributed by atoms with Crippen LogP contribution >= 0.6 is 27.7 Å². The predicted molar refractivity (Wildman–Crippen MR) is 126 cm³/mol. The van der Waals surface area contributed by atoms with E-state index in [9.17, 15) is 18.8 Å². The van der Waals surface area contributed by atoms with Crippen LogP contribution in [-0.2, 0) is 22.7 Å². The summed E-state index contributed by atoms with van der Waals surface area (Å²) in [6.45, 7) is -0.0422. The lowest BCUT2D eigenvalue weighted by molar-refractivity contribution is -0.123. The van der Waals surface area contributed by atoms with Crippen molar-refractivity contribution in [1.29, 1.82) is 0 Å². The molecule has 1 saturated heterocycles. The van der Waals surface area contributed by atoms with E-state index >= 15 is 0 Å². The molecule has 0 N–H and O–H groups in total. The van der Waals surface area contributed by atoms with E-state index in [0.29, 0.717) is 21.3 Å². The number of amides is 2. The number of halogens is 2. The third-order valence-electron chi connectivity index (χ3n) is 4.83. The van der Waals surface area contributed by atoms with Crippen molar-refractivity contribution < 1.29 is 32.7 Å². The molecule has 174 valence electrons. The first kappa shape index (κ1) is 23.8. The van der Waals surface area contributed by atoms with Crippen LogP contribution in [0.15, 0.2) is 68.4 Å². The van der Waals surface area contributed by atoms with Crippen molar-refractivity contribution in [2.45, 2.75) is 13.2 Å². The van der Waals surface area contributed by atoms with E-state index in [1.807, 2.05) is 0 Å². The predicted octanol–water partition coefficient (Wildman–Crippen LogP) is 5.78. The number of ether oxygens (including phenoxy) is 2. The van der Waals surface area contributed by atoms with Crippen LogP contribution < -0.4 is 4.74 Å². The van der Waals surface area contributed by atoms with Gasteiger partial charge in [0.25, 0.3) is 11.1 Å². The van der Waals surface area contributed by atoms with Crippen molar-refractivity contribution in [2.75, 3.05) is 7.11 Å². The lowest BCUT2D eigenvalue weighted by Crippen LogP contribution is -2.27. The molecule has 34 heavy (non-hydrogen) atoms. The molecule has 0 aliphatic carbocycles. The maximum absolute atomic E-state index is 13.8. The highest BCUT2D eigenvalue weighted by molar-refractivity contribution is 9.10. The topological polar surface area (TPSA) is 86.0 Å². The van der Waals surface area contributed by atoms with Gasteiger partial charge in [0.2, 0.25) is 5.76 Å². The summed E-state index contributed by atoms with van der Waals surface area (Å²) in [7, 11) is 1.23. The van der Waals surface area contributed by atoms with Gasteiger partial charge in [-0.1, -0.05) is 24.3 Å². The van der Waals surface area contributed by atoms with Crippen molar-refractivity contribution in [2.24, 2.45) is 0 Å². The number of thioether (sulfide) groups is 1.